The largest absolute Gasteiger partial charge is 0.460 e. The molecule has 14 heteroatoms. The van der Waals surface area contributed by atoms with Crippen molar-refractivity contribution < 1.29 is 47.2 Å². The Morgan fingerprint density at radius 2 is 1.65 bits per heavy atom. The maximum Gasteiger partial charge on any atom is 0.243 e. The monoisotopic (exact) mass is 961 g/mol. The van der Waals surface area contributed by atoms with Gasteiger partial charge in [-0.25, -0.2) is 8.42 Å². The molecule has 2 aliphatic heterocycles. The molecule has 69 heavy (non-hydrogen) atoms. The predicted molar refractivity (Wildman–Crippen MR) is 267 cm³/mol. The second-order valence-electron chi connectivity index (χ2n) is 18.5. The molecule has 2 heterocycles. The number of nitrogens with one attached hydrogen (secondary N) is 1. The molecule has 3 N–H and O–H groups in total. The van der Waals surface area contributed by atoms with Crippen LogP contribution in [0.25, 0.3) is 11.1 Å². The van der Waals surface area contributed by atoms with Gasteiger partial charge in [0.2, 0.25) is 28.0 Å². The maximum absolute atomic E-state index is 15.3. The minimum atomic E-state index is -4.28. The molecule has 0 aromatic heterocycles. The third kappa shape index (κ3) is 11.2. The van der Waals surface area contributed by atoms with Crippen LogP contribution < -0.4 is 14.8 Å². The van der Waals surface area contributed by atoms with E-state index in [9.17, 15) is 15.0 Å². The van der Waals surface area contributed by atoms with E-state index < -0.39 is 34.1 Å². The second-order valence-corrected chi connectivity index (χ2v) is 20.4. The van der Waals surface area contributed by atoms with Crippen LogP contribution in [0.2, 0.25) is 0 Å². The number of hydrogen-bond donors (Lipinski definition) is 3. The lowest BCUT2D eigenvalue weighted by Crippen LogP contribution is -2.70. The molecule has 2 fully saturated rings. The number of amides is 1. The van der Waals surface area contributed by atoms with Gasteiger partial charge in [-0.1, -0.05) is 79.5 Å². The number of aliphatic hydroxyl groups excluding tert-OH is 2. The van der Waals surface area contributed by atoms with E-state index in [1.165, 1.54) is 23.4 Å². The van der Waals surface area contributed by atoms with Crippen molar-refractivity contribution in [2.45, 2.75) is 113 Å². The average molecular weight is 962 g/mol. The van der Waals surface area contributed by atoms with Gasteiger partial charge in [-0.2, -0.15) is 4.31 Å². The van der Waals surface area contributed by atoms with Crippen molar-refractivity contribution in [2.24, 2.45) is 22.9 Å². The van der Waals surface area contributed by atoms with Gasteiger partial charge in [0.15, 0.2) is 0 Å². The van der Waals surface area contributed by atoms with Crippen LogP contribution in [0, 0.1) is 17.8 Å². The minimum Gasteiger partial charge on any atom is -0.460 e. The summed E-state index contributed by atoms with van der Waals surface area (Å²) in [6.45, 7) is 8.26. The number of hydrogen-bond acceptors (Lipinski definition) is 11. The van der Waals surface area contributed by atoms with E-state index in [1.54, 1.807) is 18.2 Å². The second kappa shape index (κ2) is 23.0. The topological polar surface area (TPSA) is 165 Å². The molecule has 4 aromatic carbocycles. The Bertz CT molecular complexity index is 2530. The van der Waals surface area contributed by atoms with Crippen LogP contribution >= 0.6 is 0 Å². The van der Waals surface area contributed by atoms with Crippen molar-refractivity contribution in [3.05, 3.63) is 127 Å². The standard InChI is InChI=1S/C55H67N3O10S/c1-4-30-58(69(62,63)45-27-22-42(23-28-45)56-38(3)61)51-37-49(57-68-52-19-11-14-34-64-52)47-35-41(17-9-12-31-59)46(18-10-13-32-60)53-48-36-44(26-29-50(48)67-55(51,54(47)53)65-33-5-2)66-43-24-20-40(21-25-43)39-15-7-6-8-16-39/h5-8,15-16,20-29,35-36,41,46,51-54,59-60H,2,4,9-14,17-19,30-34,37H2,1,3H3,(H,56,61)/t41-,46+,51-,52?,53+,54+,55+/m0/s1. The van der Waals surface area contributed by atoms with Crippen molar-refractivity contribution in [1.29, 1.82) is 0 Å². The lowest BCUT2D eigenvalue weighted by Gasteiger charge is -2.59. The SMILES string of the molecule is C=CCO[C@@]12Oc3ccc(Oc4ccc(-c5ccccc5)cc4)cc3[C@H]3[C@H](CCCCO)[C@@H](CCCCO)C=C(C(=NOC4CCCCO4)C[C@@H]1N(CCC)S(=O)(=O)c1ccc(NC(C)=O)cc1)[C@H]32. The summed E-state index contributed by atoms with van der Waals surface area (Å²) in [5, 5.41) is 27.7. The number of carbonyl (C=O) groups excluding carboxylic acids is 1. The maximum atomic E-state index is 15.3. The third-order valence-corrected chi connectivity index (χ3v) is 15.8. The first-order valence-electron chi connectivity index (χ1n) is 24.7. The number of rotatable bonds is 22. The highest BCUT2D eigenvalue weighted by molar-refractivity contribution is 7.89. The van der Waals surface area contributed by atoms with Gasteiger partial charge in [-0.3, -0.25) is 4.79 Å². The molecule has 2 aliphatic carbocycles. The summed E-state index contributed by atoms with van der Waals surface area (Å²) in [5.41, 5.74) is 5.02. The fourth-order valence-corrected chi connectivity index (χ4v) is 12.5. The van der Waals surface area contributed by atoms with E-state index in [2.05, 4.69) is 36.2 Å². The molecular weight excluding hydrogens is 895 g/mol. The van der Waals surface area contributed by atoms with Crippen LogP contribution in [0.1, 0.15) is 96.0 Å². The van der Waals surface area contributed by atoms with E-state index in [0.717, 1.165) is 60.8 Å². The lowest BCUT2D eigenvalue weighted by molar-refractivity contribution is -0.251. The van der Waals surface area contributed by atoms with Gasteiger partial charge >= 0.3 is 0 Å². The Balaban J connectivity index is 1.31. The molecule has 13 nitrogen and oxygen atoms in total. The van der Waals surface area contributed by atoms with Gasteiger partial charge in [-0.05, 0) is 128 Å². The molecule has 1 amide bonds. The van der Waals surface area contributed by atoms with E-state index in [1.807, 2.05) is 61.5 Å². The number of unbranched alkanes of at least 4 members (excludes halogenated alkanes) is 2. The number of ether oxygens (including phenoxy) is 4. The van der Waals surface area contributed by atoms with Crippen molar-refractivity contribution in [3.63, 3.8) is 0 Å². The average Bonchev–Trinajstić information content (AvgIpc) is 3.36. The van der Waals surface area contributed by atoms with Crippen LogP contribution in [-0.4, -0.2) is 85.6 Å². The van der Waals surface area contributed by atoms with Crippen molar-refractivity contribution in [1.82, 2.24) is 4.31 Å². The Hall–Kier alpha value is -5.35. The van der Waals surface area contributed by atoms with Crippen molar-refractivity contribution >= 4 is 27.3 Å². The number of fused-ring (bicyclic) bond motifs is 2. The van der Waals surface area contributed by atoms with Crippen molar-refractivity contribution in [3.8, 4) is 28.4 Å². The summed E-state index contributed by atoms with van der Waals surface area (Å²) in [6, 6.07) is 29.3. The smallest absolute Gasteiger partial charge is 0.243 e. The first-order chi connectivity index (χ1) is 33.6. The normalized spacial score (nSPS) is 24.7. The molecular formula is C55H67N3O10S. The molecule has 1 unspecified atom stereocenters. The van der Waals surface area contributed by atoms with Gasteiger partial charge in [0.25, 0.3) is 0 Å². The Kier molecular flexibility index (Phi) is 16.7. The highest BCUT2D eigenvalue weighted by Crippen LogP contribution is 2.62. The fraction of sp³-hybridized carbons (Fsp3) is 0.455. The number of anilines is 1. The summed E-state index contributed by atoms with van der Waals surface area (Å²) >= 11 is 0. The van der Waals surface area contributed by atoms with Gasteiger partial charge in [-0.15, -0.1) is 6.58 Å². The molecule has 0 spiro atoms. The van der Waals surface area contributed by atoms with Crippen LogP contribution in [0.5, 0.6) is 17.2 Å². The van der Waals surface area contributed by atoms with Crippen LogP contribution in [0.15, 0.2) is 131 Å². The number of benzene rings is 4. The summed E-state index contributed by atoms with van der Waals surface area (Å²) in [5.74, 6) is -0.974. The van der Waals surface area contributed by atoms with E-state index in [0.29, 0.717) is 60.9 Å². The van der Waals surface area contributed by atoms with Gasteiger partial charge in [0, 0.05) is 56.7 Å². The number of aliphatic hydroxyl groups is 2. The lowest BCUT2D eigenvalue weighted by atomic mass is 9.55. The van der Waals surface area contributed by atoms with E-state index in [-0.39, 0.29) is 61.3 Å². The first kappa shape index (κ1) is 50.1. The molecule has 4 aliphatic rings. The highest BCUT2D eigenvalue weighted by atomic mass is 32.2. The third-order valence-electron chi connectivity index (χ3n) is 13.8. The summed E-state index contributed by atoms with van der Waals surface area (Å²) < 4.78 is 59.4. The molecule has 8 rings (SSSR count). The zero-order chi connectivity index (χ0) is 48.4. The number of oxime groups is 1. The van der Waals surface area contributed by atoms with Crippen LogP contribution in [0.3, 0.4) is 0 Å². The Morgan fingerprint density at radius 3 is 2.33 bits per heavy atom. The highest BCUT2D eigenvalue weighted by Gasteiger charge is 2.66. The zero-order valence-electron chi connectivity index (χ0n) is 39.8. The zero-order valence-corrected chi connectivity index (χ0v) is 40.7. The van der Waals surface area contributed by atoms with Crippen LogP contribution in [0.4, 0.5) is 5.69 Å². The van der Waals surface area contributed by atoms with Gasteiger partial charge in [0.05, 0.1) is 35.8 Å². The number of carbonyl (C=O) groups is 1. The number of nitrogens with zero attached hydrogens (tertiary/aromatic N) is 2. The summed E-state index contributed by atoms with van der Waals surface area (Å²) in [7, 11) is -4.28. The van der Waals surface area contributed by atoms with Gasteiger partial charge in [0.1, 0.15) is 17.2 Å². The Labute approximate surface area is 407 Å². The quantitative estimate of drug-likeness (QED) is 0.0392. The van der Waals surface area contributed by atoms with Crippen molar-refractivity contribution in [2.75, 3.05) is 38.3 Å². The molecule has 1 saturated heterocycles. The molecule has 0 radical (unpaired) electrons. The fourth-order valence-electron chi connectivity index (χ4n) is 10.8. The predicted octanol–water partition coefficient (Wildman–Crippen LogP) is 10.4. The van der Waals surface area contributed by atoms with E-state index >= 15 is 8.42 Å². The molecule has 368 valence electrons. The Morgan fingerprint density at radius 1 is 0.928 bits per heavy atom. The molecule has 4 aromatic rings. The molecule has 1 saturated carbocycles. The number of allylic oxidation sites excluding steroid dienone is 1. The van der Waals surface area contributed by atoms with Crippen LogP contribution in [-0.2, 0) is 29.1 Å². The first-order valence-corrected chi connectivity index (χ1v) is 26.1. The van der Waals surface area contributed by atoms with Gasteiger partial charge < -0.3 is 39.3 Å². The summed E-state index contributed by atoms with van der Waals surface area (Å²) in [4.78, 5) is 18.2. The molecule has 0 bridgehead atoms. The summed E-state index contributed by atoms with van der Waals surface area (Å²) in [6.07, 6.45) is 10.8. The van der Waals surface area contributed by atoms with E-state index in [4.69, 9.17) is 28.9 Å². The minimum absolute atomic E-state index is 0.00920. The molecule has 7 atom stereocenters. The number of sulfonamides is 1.